The van der Waals surface area contributed by atoms with Gasteiger partial charge in [-0.1, -0.05) is 0 Å². The molecule has 112 valence electrons. The van der Waals surface area contributed by atoms with Crippen molar-refractivity contribution < 1.29 is 24.3 Å². The molecular weight excluding hydrogens is 252 g/mol. The van der Waals surface area contributed by atoms with Gasteiger partial charge >= 0.3 is 6.09 Å². The molecule has 0 saturated carbocycles. The average molecular weight is 276 g/mol. The fraction of sp³-hybridized carbons (Fsp3) is 0.833. The van der Waals surface area contributed by atoms with Crippen LogP contribution in [0.5, 0.6) is 0 Å². The van der Waals surface area contributed by atoms with E-state index in [0.717, 1.165) is 5.06 Å². The fourth-order valence-electron chi connectivity index (χ4n) is 1.37. The van der Waals surface area contributed by atoms with E-state index in [4.69, 9.17) is 14.7 Å². The van der Waals surface area contributed by atoms with Crippen LogP contribution >= 0.6 is 0 Å². The Hall–Kier alpha value is -1.34. The minimum atomic E-state index is -0.829. The van der Waals surface area contributed by atoms with E-state index in [-0.39, 0.29) is 13.0 Å². The zero-order chi connectivity index (χ0) is 15.2. The van der Waals surface area contributed by atoms with Crippen LogP contribution < -0.4 is 0 Å². The van der Waals surface area contributed by atoms with Crippen molar-refractivity contribution >= 4 is 12.0 Å². The number of nitrogens with zero attached hydrogens (tertiary/aromatic N) is 2. The molecule has 0 aromatic carbocycles. The van der Waals surface area contributed by atoms with Crippen molar-refractivity contribution in [2.45, 2.75) is 38.8 Å². The maximum Gasteiger partial charge on any atom is 0.410 e. The summed E-state index contributed by atoms with van der Waals surface area (Å²) in [7, 11) is 4.24. The van der Waals surface area contributed by atoms with Crippen LogP contribution in [0.2, 0.25) is 0 Å². The molecule has 1 atom stereocenters. The average Bonchev–Trinajstić information content (AvgIpc) is 2.31. The van der Waals surface area contributed by atoms with Crippen molar-refractivity contribution in [3.8, 4) is 0 Å². The third-order valence-corrected chi connectivity index (χ3v) is 2.42. The van der Waals surface area contributed by atoms with E-state index in [0.29, 0.717) is 0 Å². The number of hydrogen-bond acceptors (Lipinski definition) is 5. The normalized spacial score (nSPS) is 12.8. The maximum absolute atomic E-state index is 12.0. The molecule has 7 heteroatoms. The number of amides is 2. The minimum Gasteiger partial charge on any atom is -0.444 e. The van der Waals surface area contributed by atoms with Gasteiger partial charge in [0, 0.05) is 27.1 Å². The molecule has 0 spiro atoms. The van der Waals surface area contributed by atoms with Gasteiger partial charge in [0.2, 0.25) is 0 Å². The molecule has 19 heavy (non-hydrogen) atoms. The Balaban J connectivity index is 4.88. The lowest BCUT2D eigenvalue weighted by atomic mass is 10.1. The molecule has 0 aromatic heterocycles. The molecule has 2 amide bonds. The first-order valence-electron chi connectivity index (χ1n) is 6.02. The molecule has 0 rings (SSSR count). The van der Waals surface area contributed by atoms with Crippen LogP contribution in [0.4, 0.5) is 4.79 Å². The second-order valence-corrected chi connectivity index (χ2v) is 5.14. The smallest absolute Gasteiger partial charge is 0.410 e. The molecule has 0 aliphatic rings. The number of aliphatic hydroxyl groups excluding tert-OH is 1. The lowest BCUT2D eigenvalue weighted by molar-refractivity contribution is -0.174. The van der Waals surface area contributed by atoms with Crippen molar-refractivity contribution in [2.24, 2.45) is 0 Å². The predicted molar refractivity (Wildman–Crippen MR) is 69.3 cm³/mol. The van der Waals surface area contributed by atoms with E-state index in [1.165, 1.54) is 26.1 Å². The van der Waals surface area contributed by atoms with Crippen molar-refractivity contribution in [3.63, 3.8) is 0 Å². The molecular formula is C12H24N2O5. The summed E-state index contributed by atoms with van der Waals surface area (Å²) in [5.74, 6) is -0.426. The van der Waals surface area contributed by atoms with E-state index in [1.807, 2.05) is 0 Å². The van der Waals surface area contributed by atoms with Crippen LogP contribution in [0.15, 0.2) is 0 Å². The van der Waals surface area contributed by atoms with E-state index in [1.54, 1.807) is 20.8 Å². The zero-order valence-electron chi connectivity index (χ0n) is 12.5. The highest BCUT2D eigenvalue weighted by Gasteiger charge is 2.31. The Labute approximate surface area is 114 Å². The quantitative estimate of drug-likeness (QED) is 0.745. The van der Waals surface area contributed by atoms with E-state index in [9.17, 15) is 9.59 Å². The second kappa shape index (κ2) is 7.30. The Morgan fingerprint density at radius 2 is 1.79 bits per heavy atom. The lowest BCUT2D eigenvalue weighted by Crippen LogP contribution is -2.49. The summed E-state index contributed by atoms with van der Waals surface area (Å²) in [4.78, 5) is 29.9. The summed E-state index contributed by atoms with van der Waals surface area (Å²) in [6.45, 7) is 5.00. The van der Waals surface area contributed by atoms with Crippen LogP contribution in [-0.2, 0) is 14.4 Å². The number of rotatable bonds is 5. The van der Waals surface area contributed by atoms with Gasteiger partial charge in [0.25, 0.3) is 5.91 Å². The number of carbonyl (C=O) groups excluding carboxylic acids is 2. The molecule has 0 fully saturated rings. The molecule has 0 aliphatic heterocycles. The zero-order valence-corrected chi connectivity index (χ0v) is 12.5. The topological polar surface area (TPSA) is 79.3 Å². The van der Waals surface area contributed by atoms with Gasteiger partial charge in [0.05, 0.1) is 7.11 Å². The summed E-state index contributed by atoms with van der Waals surface area (Å²) >= 11 is 0. The highest BCUT2D eigenvalue weighted by atomic mass is 16.7. The largest absolute Gasteiger partial charge is 0.444 e. The van der Waals surface area contributed by atoms with Gasteiger partial charge in [-0.2, -0.15) is 0 Å². The molecule has 0 unspecified atom stereocenters. The SMILES string of the molecule is CON(C)C(=O)[C@H](CCO)N(C)C(=O)OC(C)(C)C. The van der Waals surface area contributed by atoms with Gasteiger partial charge in [0.1, 0.15) is 11.6 Å². The van der Waals surface area contributed by atoms with E-state index in [2.05, 4.69) is 0 Å². The summed E-state index contributed by atoms with van der Waals surface area (Å²) in [5, 5.41) is 10.0. The number of hydroxylamine groups is 2. The standard InChI is InChI=1S/C12H24N2O5/c1-12(2,3)19-11(17)13(4)9(7-8-15)10(16)14(5)18-6/h9,15H,7-8H2,1-6H3/t9-/m0/s1. The minimum absolute atomic E-state index is 0.113. The Morgan fingerprint density at radius 3 is 2.16 bits per heavy atom. The molecule has 0 heterocycles. The Morgan fingerprint density at radius 1 is 1.26 bits per heavy atom. The maximum atomic E-state index is 12.0. The van der Waals surface area contributed by atoms with Crippen LogP contribution in [0.3, 0.4) is 0 Å². The molecule has 0 bridgehead atoms. The first kappa shape index (κ1) is 17.7. The summed E-state index contributed by atoms with van der Waals surface area (Å²) in [6, 6.07) is -0.829. The van der Waals surface area contributed by atoms with E-state index >= 15 is 0 Å². The lowest BCUT2D eigenvalue weighted by Gasteiger charge is -2.31. The molecule has 7 nitrogen and oxygen atoms in total. The summed E-state index contributed by atoms with van der Waals surface area (Å²) in [5.41, 5.74) is -0.648. The van der Waals surface area contributed by atoms with Gasteiger partial charge < -0.3 is 9.84 Å². The van der Waals surface area contributed by atoms with Crippen LogP contribution in [-0.4, -0.2) is 66.5 Å². The fourth-order valence-corrected chi connectivity index (χ4v) is 1.37. The highest BCUT2D eigenvalue weighted by Crippen LogP contribution is 2.13. The van der Waals surface area contributed by atoms with Gasteiger partial charge in [0.15, 0.2) is 0 Å². The molecule has 0 saturated heterocycles. The monoisotopic (exact) mass is 276 g/mol. The second-order valence-electron chi connectivity index (χ2n) is 5.14. The molecule has 0 radical (unpaired) electrons. The Bertz CT molecular complexity index is 314. The number of carbonyl (C=O) groups is 2. The predicted octanol–water partition coefficient (Wildman–Crippen LogP) is 0.624. The van der Waals surface area contributed by atoms with Crippen molar-refractivity contribution in [3.05, 3.63) is 0 Å². The van der Waals surface area contributed by atoms with Crippen LogP contribution in [0, 0.1) is 0 Å². The van der Waals surface area contributed by atoms with Crippen LogP contribution in [0.1, 0.15) is 27.2 Å². The van der Waals surface area contributed by atoms with Crippen molar-refractivity contribution in [1.29, 1.82) is 0 Å². The molecule has 0 aromatic rings. The number of hydrogen-bond donors (Lipinski definition) is 1. The van der Waals surface area contributed by atoms with Crippen molar-refractivity contribution in [1.82, 2.24) is 9.96 Å². The Kier molecular flexibility index (Phi) is 6.78. The van der Waals surface area contributed by atoms with Gasteiger partial charge in [-0.25, -0.2) is 9.86 Å². The van der Waals surface area contributed by atoms with Crippen LogP contribution in [0.25, 0.3) is 0 Å². The van der Waals surface area contributed by atoms with E-state index < -0.39 is 23.6 Å². The highest BCUT2D eigenvalue weighted by molar-refractivity contribution is 5.84. The summed E-state index contributed by atoms with van der Waals surface area (Å²) < 4.78 is 5.18. The van der Waals surface area contributed by atoms with Crippen molar-refractivity contribution in [2.75, 3.05) is 27.8 Å². The van der Waals surface area contributed by atoms with Gasteiger partial charge in [-0.05, 0) is 20.8 Å². The van der Waals surface area contributed by atoms with Gasteiger partial charge in [-0.15, -0.1) is 0 Å². The third kappa shape index (κ3) is 5.89. The van der Waals surface area contributed by atoms with Gasteiger partial charge in [-0.3, -0.25) is 14.5 Å². The molecule has 0 aliphatic carbocycles. The number of aliphatic hydroxyl groups is 1. The number of ether oxygens (including phenoxy) is 1. The first-order valence-corrected chi connectivity index (χ1v) is 6.02. The molecule has 1 N–H and O–H groups in total. The summed E-state index contributed by atoms with van der Waals surface area (Å²) in [6.07, 6.45) is -0.508. The first-order chi connectivity index (χ1) is 8.64. The third-order valence-electron chi connectivity index (χ3n) is 2.42. The number of likely N-dealkylation sites (N-methyl/N-ethyl adjacent to an activating group) is 2.